The number of morpholine rings is 1. The number of fused-ring (bicyclic) bond motifs is 1. The molecule has 0 amide bonds. The molecule has 2 N–H and O–H groups in total. The normalized spacial score (nSPS) is 14.2. The molecule has 0 radical (unpaired) electrons. The molecule has 3 heterocycles. The number of aromatic nitrogens is 3. The molecule has 0 bridgehead atoms. The monoisotopic (exact) mass is 494 g/mol. The SMILES string of the molecule is O=[N+]([O-])c1ccc(CS(=O)(=O)Nc2ccc(-c3cc4c(N5CCOCC5)ncnc4[nH]3)cc2)cc1. The molecule has 11 nitrogen and oxygen atoms in total. The van der Waals surface area contributed by atoms with Crippen LogP contribution in [0, 0.1) is 10.1 Å². The number of anilines is 2. The molecule has 35 heavy (non-hydrogen) atoms. The van der Waals surface area contributed by atoms with E-state index in [2.05, 4.69) is 24.6 Å². The van der Waals surface area contributed by atoms with Gasteiger partial charge in [0.2, 0.25) is 10.0 Å². The van der Waals surface area contributed by atoms with Gasteiger partial charge in [0.15, 0.2) is 0 Å². The summed E-state index contributed by atoms with van der Waals surface area (Å²) in [7, 11) is -3.70. The molecule has 1 fully saturated rings. The minimum Gasteiger partial charge on any atom is -0.378 e. The van der Waals surface area contributed by atoms with Crippen LogP contribution in [0.25, 0.3) is 22.3 Å². The van der Waals surface area contributed by atoms with Crippen molar-refractivity contribution >= 4 is 38.2 Å². The molecule has 1 aliphatic heterocycles. The van der Waals surface area contributed by atoms with E-state index in [-0.39, 0.29) is 11.4 Å². The third kappa shape index (κ3) is 5.08. The maximum Gasteiger partial charge on any atom is 0.269 e. The molecule has 2 aromatic carbocycles. The summed E-state index contributed by atoms with van der Waals surface area (Å²) in [5.74, 6) is 0.564. The van der Waals surface area contributed by atoms with Crippen molar-refractivity contribution in [3.05, 3.63) is 76.6 Å². The maximum absolute atomic E-state index is 12.6. The van der Waals surface area contributed by atoms with Gasteiger partial charge in [-0.25, -0.2) is 18.4 Å². The predicted octanol–water partition coefficient (Wildman–Crippen LogP) is 3.31. The molecule has 0 saturated carbocycles. The number of nitro groups is 1. The standard InChI is InChI=1S/C23H22N6O5S/c30-29(31)19-7-1-16(2-8-19)14-35(32,33)27-18-5-3-17(4-6-18)21-13-20-22(26-21)24-15-25-23(20)28-9-11-34-12-10-28/h1-8,13,15,27H,9-12,14H2,(H,24,25,26). The Balaban J connectivity index is 1.31. The van der Waals surface area contributed by atoms with Gasteiger partial charge in [0.05, 0.1) is 29.3 Å². The summed E-state index contributed by atoms with van der Waals surface area (Å²) >= 11 is 0. The molecule has 1 aliphatic rings. The number of aromatic amines is 1. The van der Waals surface area contributed by atoms with E-state index in [0.29, 0.717) is 24.5 Å². The summed E-state index contributed by atoms with van der Waals surface area (Å²) in [6.45, 7) is 2.84. The lowest BCUT2D eigenvalue weighted by atomic mass is 10.1. The highest BCUT2D eigenvalue weighted by Crippen LogP contribution is 2.30. The molecule has 5 rings (SSSR count). The van der Waals surface area contributed by atoms with Crippen molar-refractivity contribution in [1.82, 2.24) is 15.0 Å². The fourth-order valence-electron chi connectivity index (χ4n) is 3.98. The number of hydrogen-bond acceptors (Lipinski definition) is 8. The predicted molar refractivity (Wildman–Crippen MR) is 132 cm³/mol. The molecule has 0 spiro atoms. The van der Waals surface area contributed by atoms with E-state index in [0.717, 1.165) is 41.2 Å². The second-order valence-corrected chi connectivity index (χ2v) is 9.83. The number of non-ortho nitro benzene ring substituents is 1. The lowest BCUT2D eigenvalue weighted by Crippen LogP contribution is -2.36. The Labute approximate surface area is 201 Å². The molecule has 2 aromatic heterocycles. The Morgan fingerprint density at radius 2 is 1.77 bits per heavy atom. The van der Waals surface area contributed by atoms with E-state index in [1.165, 1.54) is 30.6 Å². The van der Waals surface area contributed by atoms with Crippen molar-refractivity contribution in [2.45, 2.75) is 5.75 Å². The number of rotatable bonds is 7. The summed E-state index contributed by atoms with van der Waals surface area (Å²) in [4.78, 5) is 24.5. The van der Waals surface area contributed by atoms with Gasteiger partial charge in [-0.05, 0) is 29.3 Å². The van der Waals surface area contributed by atoms with E-state index >= 15 is 0 Å². The summed E-state index contributed by atoms with van der Waals surface area (Å²) in [6, 6.07) is 14.4. The van der Waals surface area contributed by atoms with Crippen molar-refractivity contribution in [1.29, 1.82) is 0 Å². The molecular formula is C23H22N6O5S. The number of ether oxygens (including phenoxy) is 1. The van der Waals surface area contributed by atoms with Crippen LogP contribution in [0.5, 0.6) is 0 Å². The Hall–Kier alpha value is -4.03. The highest BCUT2D eigenvalue weighted by molar-refractivity contribution is 7.91. The molecule has 180 valence electrons. The molecule has 0 atom stereocenters. The van der Waals surface area contributed by atoms with Crippen LogP contribution in [0.15, 0.2) is 60.9 Å². The Kier molecular flexibility index (Phi) is 6.05. The first-order chi connectivity index (χ1) is 16.9. The van der Waals surface area contributed by atoms with Gasteiger partial charge in [-0.15, -0.1) is 0 Å². The molecular weight excluding hydrogens is 472 g/mol. The largest absolute Gasteiger partial charge is 0.378 e. The molecule has 0 aliphatic carbocycles. The van der Waals surface area contributed by atoms with Crippen LogP contribution in [-0.2, 0) is 20.5 Å². The van der Waals surface area contributed by atoms with Crippen LogP contribution < -0.4 is 9.62 Å². The Morgan fingerprint density at radius 3 is 2.46 bits per heavy atom. The zero-order valence-corrected chi connectivity index (χ0v) is 19.4. The van der Waals surface area contributed by atoms with Gasteiger partial charge in [-0.2, -0.15) is 0 Å². The van der Waals surface area contributed by atoms with Gasteiger partial charge in [0.1, 0.15) is 17.8 Å². The van der Waals surface area contributed by atoms with Gasteiger partial charge in [0, 0.05) is 36.6 Å². The number of benzene rings is 2. The van der Waals surface area contributed by atoms with E-state index in [1.807, 2.05) is 18.2 Å². The minimum absolute atomic E-state index is 0.0882. The molecule has 1 saturated heterocycles. The zero-order valence-electron chi connectivity index (χ0n) is 18.5. The van der Waals surface area contributed by atoms with Crippen LogP contribution in [0.4, 0.5) is 17.2 Å². The van der Waals surface area contributed by atoms with E-state index in [4.69, 9.17) is 4.74 Å². The van der Waals surface area contributed by atoms with Crippen molar-refractivity contribution in [3.8, 4) is 11.3 Å². The quantitative estimate of drug-likeness (QED) is 0.294. The highest BCUT2D eigenvalue weighted by Gasteiger charge is 2.18. The van der Waals surface area contributed by atoms with Crippen LogP contribution in [-0.4, -0.2) is 54.6 Å². The highest BCUT2D eigenvalue weighted by atomic mass is 32.2. The van der Waals surface area contributed by atoms with Gasteiger partial charge in [-0.1, -0.05) is 24.3 Å². The summed E-state index contributed by atoms with van der Waals surface area (Å²) in [5.41, 5.74) is 3.22. The number of nitrogens with one attached hydrogen (secondary N) is 2. The smallest absolute Gasteiger partial charge is 0.269 e. The summed E-state index contributed by atoms with van der Waals surface area (Å²) in [6.07, 6.45) is 1.54. The van der Waals surface area contributed by atoms with E-state index in [9.17, 15) is 18.5 Å². The van der Waals surface area contributed by atoms with Crippen molar-refractivity contribution in [2.24, 2.45) is 0 Å². The fraction of sp³-hybridized carbons (Fsp3) is 0.217. The van der Waals surface area contributed by atoms with Crippen LogP contribution in [0.1, 0.15) is 5.56 Å². The van der Waals surface area contributed by atoms with Gasteiger partial charge in [0.25, 0.3) is 5.69 Å². The summed E-state index contributed by atoms with van der Waals surface area (Å²) < 4.78 is 33.1. The first kappa shape index (κ1) is 22.7. The topological polar surface area (TPSA) is 143 Å². The Bertz CT molecular complexity index is 1460. The molecule has 4 aromatic rings. The van der Waals surface area contributed by atoms with Gasteiger partial charge < -0.3 is 14.6 Å². The van der Waals surface area contributed by atoms with Gasteiger partial charge in [-0.3, -0.25) is 14.8 Å². The van der Waals surface area contributed by atoms with Crippen molar-refractivity contribution in [2.75, 3.05) is 35.9 Å². The van der Waals surface area contributed by atoms with Crippen LogP contribution in [0.3, 0.4) is 0 Å². The number of nitro benzene ring substituents is 1. The first-order valence-corrected chi connectivity index (χ1v) is 12.5. The van der Waals surface area contributed by atoms with E-state index in [1.54, 1.807) is 12.1 Å². The van der Waals surface area contributed by atoms with Crippen LogP contribution in [0.2, 0.25) is 0 Å². The molecule has 12 heteroatoms. The average Bonchev–Trinajstić information content (AvgIpc) is 3.29. The van der Waals surface area contributed by atoms with Crippen molar-refractivity contribution < 1.29 is 18.1 Å². The average molecular weight is 495 g/mol. The third-order valence-corrected chi connectivity index (χ3v) is 6.95. The first-order valence-electron chi connectivity index (χ1n) is 10.9. The number of sulfonamides is 1. The molecule has 0 unspecified atom stereocenters. The summed E-state index contributed by atoms with van der Waals surface area (Å²) in [5, 5.41) is 11.7. The lowest BCUT2D eigenvalue weighted by Gasteiger charge is -2.27. The van der Waals surface area contributed by atoms with Gasteiger partial charge >= 0.3 is 0 Å². The fourth-order valence-corrected chi connectivity index (χ4v) is 5.17. The Morgan fingerprint density at radius 1 is 1.06 bits per heavy atom. The van der Waals surface area contributed by atoms with Crippen LogP contribution >= 0.6 is 0 Å². The number of nitrogens with zero attached hydrogens (tertiary/aromatic N) is 4. The maximum atomic E-state index is 12.6. The van der Waals surface area contributed by atoms with E-state index < -0.39 is 14.9 Å². The third-order valence-electron chi connectivity index (χ3n) is 5.69. The lowest BCUT2D eigenvalue weighted by molar-refractivity contribution is -0.384. The van der Waals surface area contributed by atoms with Crippen molar-refractivity contribution in [3.63, 3.8) is 0 Å². The second kappa shape index (κ2) is 9.31. The number of hydrogen-bond donors (Lipinski definition) is 2. The second-order valence-electron chi connectivity index (χ2n) is 8.10. The zero-order chi connectivity index (χ0) is 24.4. The number of H-pyrrole nitrogens is 1. The minimum atomic E-state index is -3.70.